The van der Waals surface area contributed by atoms with Crippen LogP contribution in [0.1, 0.15) is 28.1 Å². The van der Waals surface area contributed by atoms with Gasteiger partial charge in [-0.2, -0.15) is 0 Å². The first-order chi connectivity index (χ1) is 11.2. The largest absolute Gasteiger partial charge is 0.459 e. The van der Waals surface area contributed by atoms with Crippen molar-refractivity contribution in [3.05, 3.63) is 65.8 Å². The molecule has 23 heavy (non-hydrogen) atoms. The molecule has 2 aromatic heterocycles. The second-order valence-electron chi connectivity index (χ2n) is 5.91. The van der Waals surface area contributed by atoms with Gasteiger partial charge in [0.2, 0.25) is 0 Å². The fraction of sp³-hybridized carbons (Fsp3) is 0.211. The van der Waals surface area contributed by atoms with Gasteiger partial charge in [-0.25, -0.2) is 0 Å². The molecule has 3 aromatic rings. The highest BCUT2D eigenvalue weighted by molar-refractivity contribution is 5.95. The Labute approximate surface area is 134 Å². The molecule has 4 heteroatoms. The van der Waals surface area contributed by atoms with E-state index < -0.39 is 0 Å². The molecule has 4 nitrogen and oxygen atoms in total. The topological polar surface area (TPSA) is 49.2 Å². The normalized spacial score (nSPS) is 15.0. The van der Waals surface area contributed by atoms with Gasteiger partial charge in [0.1, 0.15) is 0 Å². The third-order valence-electron chi connectivity index (χ3n) is 4.50. The van der Waals surface area contributed by atoms with Crippen molar-refractivity contribution in [1.82, 2.24) is 9.88 Å². The van der Waals surface area contributed by atoms with Crippen molar-refractivity contribution in [2.75, 3.05) is 13.1 Å². The van der Waals surface area contributed by atoms with Gasteiger partial charge in [-0.3, -0.25) is 4.79 Å². The summed E-state index contributed by atoms with van der Waals surface area (Å²) in [6.07, 6.45) is 6.61. The summed E-state index contributed by atoms with van der Waals surface area (Å²) in [7, 11) is 0. The summed E-state index contributed by atoms with van der Waals surface area (Å²) >= 11 is 0. The maximum atomic E-state index is 12.3. The van der Waals surface area contributed by atoms with Crippen molar-refractivity contribution < 1.29 is 9.21 Å². The lowest BCUT2D eigenvalue weighted by Gasteiger charge is -2.25. The van der Waals surface area contributed by atoms with E-state index in [0.717, 1.165) is 6.42 Å². The number of H-pyrrole nitrogens is 1. The van der Waals surface area contributed by atoms with Crippen molar-refractivity contribution in [3.8, 4) is 0 Å². The summed E-state index contributed by atoms with van der Waals surface area (Å²) in [6.45, 7) is 3.44. The molecule has 0 saturated heterocycles. The molecular formula is C19H18N2O2. The van der Waals surface area contributed by atoms with Crippen LogP contribution in [0, 0.1) is 6.92 Å². The molecule has 1 N–H and O–H groups in total. The highest BCUT2D eigenvalue weighted by Gasteiger charge is 2.22. The standard InChI is InChI=1S/C19H18N2O2/c1-13-4-2-5-15-16(12-20-18(13)15)14-7-9-21(10-8-14)19(22)17-6-3-11-23-17/h2-7,11-12,20H,8-10H2,1H3. The average molecular weight is 306 g/mol. The predicted octanol–water partition coefficient (Wildman–Crippen LogP) is 4.00. The molecule has 0 spiro atoms. The lowest BCUT2D eigenvalue weighted by molar-refractivity contribution is 0.0741. The van der Waals surface area contributed by atoms with Gasteiger partial charge in [-0.05, 0) is 36.6 Å². The van der Waals surface area contributed by atoms with Crippen LogP contribution in [0.3, 0.4) is 0 Å². The SMILES string of the molecule is Cc1cccc2c(C3=CCN(C(=O)c4ccco4)CC3)c[nH]c12. The number of furan rings is 1. The monoisotopic (exact) mass is 306 g/mol. The van der Waals surface area contributed by atoms with E-state index in [-0.39, 0.29) is 5.91 Å². The third kappa shape index (κ3) is 2.36. The number of rotatable bonds is 2. The van der Waals surface area contributed by atoms with Crippen LogP contribution in [0.5, 0.6) is 0 Å². The number of aromatic nitrogens is 1. The van der Waals surface area contributed by atoms with Crippen LogP contribution in [0.2, 0.25) is 0 Å². The Hall–Kier alpha value is -2.75. The summed E-state index contributed by atoms with van der Waals surface area (Å²) in [5.74, 6) is 0.365. The van der Waals surface area contributed by atoms with Crippen LogP contribution in [0.4, 0.5) is 0 Å². The minimum atomic E-state index is -0.0416. The predicted molar refractivity (Wildman–Crippen MR) is 90.2 cm³/mol. The quantitative estimate of drug-likeness (QED) is 0.778. The molecule has 1 aromatic carbocycles. The molecule has 0 saturated carbocycles. The summed E-state index contributed by atoms with van der Waals surface area (Å²) in [4.78, 5) is 17.5. The summed E-state index contributed by atoms with van der Waals surface area (Å²) in [6, 6.07) is 9.80. The number of benzene rings is 1. The van der Waals surface area contributed by atoms with Gasteiger partial charge >= 0.3 is 0 Å². The second kappa shape index (κ2) is 5.47. The molecule has 0 fully saturated rings. The summed E-state index contributed by atoms with van der Waals surface area (Å²) in [5.41, 5.74) is 4.98. The number of fused-ring (bicyclic) bond motifs is 1. The molecule has 0 aliphatic carbocycles. The molecular weight excluding hydrogens is 288 g/mol. The van der Waals surface area contributed by atoms with E-state index in [4.69, 9.17) is 4.42 Å². The number of nitrogens with zero attached hydrogens (tertiary/aromatic N) is 1. The fourth-order valence-electron chi connectivity index (χ4n) is 3.23. The zero-order chi connectivity index (χ0) is 15.8. The van der Waals surface area contributed by atoms with Gasteiger partial charge in [0.05, 0.1) is 6.26 Å². The first-order valence-electron chi connectivity index (χ1n) is 7.83. The van der Waals surface area contributed by atoms with E-state index in [2.05, 4.69) is 42.4 Å². The van der Waals surface area contributed by atoms with E-state index in [1.54, 1.807) is 12.1 Å². The lowest BCUT2D eigenvalue weighted by Crippen LogP contribution is -2.34. The highest BCUT2D eigenvalue weighted by Crippen LogP contribution is 2.30. The zero-order valence-corrected chi connectivity index (χ0v) is 13.0. The Morgan fingerprint density at radius 2 is 2.17 bits per heavy atom. The molecule has 0 radical (unpaired) electrons. The van der Waals surface area contributed by atoms with E-state index in [1.165, 1.54) is 33.9 Å². The van der Waals surface area contributed by atoms with Gasteiger partial charge in [0, 0.05) is 35.8 Å². The number of para-hydroxylation sites is 1. The van der Waals surface area contributed by atoms with Crippen LogP contribution < -0.4 is 0 Å². The van der Waals surface area contributed by atoms with E-state index in [9.17, 15) is 4.79 Å². The van der Waals surface area contributed by atoms with Crippen LogP contribution in [0.25, 0.3) is 16.5 Å². The summed E-state index contributed by atoms with van der Waals surface area (Å²) in [5, 5.41) is 1.25. The zero-order valence-electron chi connectivity index (χ0n) is 13.0. The maximum Gasteiger partial charge on any atom is 0.289 e. The van der Waals surface area contributed by atoms with Crippen LogP contribution in [-0.4, -0.2) is 28.9 Å². The number of amides is 1. The smallest absolute Gasteiger partial charge is 0.289 e. The van der Waals surface area contributed by atoms with Gasteiger partial charge in [0.25, 0.3) is 5.91 Å². The average Bonchev–Trinajstić information content (AvgIpc) is 3.25. The third-order valence-corrected chi connectivity index (χ3v) is 4.50. The first-order valence-corrected chi connectivity index (χ1v) is 7.83. The van der Waals surface area contributed by atoms with Gasteiger partial charge in [-0.1, -0.05) is 24.3 Å². The number of nitrogens with one attached hydrogen (secondary N) is 1. The van der Waals surface area contributed by atoms with Gasteiger partial charge in [0.15, 0.2) is 5.76 Å². The molecule has 1 aliphatic rings. The van der Waals surface area contributed by atoms with E-state index in [0.29, 0.717) is 18.8 Å². The summed E-state index contributed by atoms with van der Waals surface area (Å²) < 4.78 is 5.20. The molecule has 1 aliphatic heterocycles. The van der Waals surface area contributed by atoms with Crippen LogP contribution in [0.15, 0.2) is 53.3 Å². The molecule has 3 heterocycles. The van der Waals surface area contributed by atoms with Crippen LogP contribution in [-0.2, 0) is 0 Å². The second-order valence-corrected chi connectivity index (χ2v) is 5.91. The lowest BCUT2D eigenvalue weighted by atomic mass is 9.98. The van der Waals surface area contributed by atoms with E-state index in [1.807, 2.05) is 4.90 Å². The van der Waals surface area contributed by atoms with E-state index >= 15 is 0 Å². The molecule has 1 amide bonds. The van der Waals surface area contributed by atoms with Crippen molar-refractivity contribution in [2.24, 2.45) is 0 Å². The number of carbonyl (C=O) groups is 1. The van der Waals surface area contributed by atoms with Crippen molar-refractivity contribution in [1.29, 1.82) is 0 Å². The number of hydrogen-bond acceptors (Lipinski definition) is 2. The van der Waals surface area contributed by atoms with Crippen molar-refractivity contribution in [2.45, 2.75) is 13.3 Å². The van der Waals surface area contributed by atoms with Crippen molar-refractivity contribution >= 4 is 22.4 Å². The molecule has 116 valence electrons. The minimum absolute atomic E-state index is 0.0416. The Morgan fingerprint density at radius 1 is 1.26 bits per heavy atom. The molecule has 0 atom stereocenters. The number of aryl methyl sites for hydroxylation is 1. The first kappa shape index (κ1) is 13.9. The minimum Gasteiger partial charge on any atom is -0.459 e. The molecule has 0 unspecified atom stereocenters. The number of hydrogen-bond donors (Lipinski definition) is 1. The fourth-order valence-corrected chi connectivity index (χ4v) is 3.23. The Morgan fingerprint density at radius 3 is 2.91 bits per heavy atom. The van der Waals surface area contributed by atoms with Gasteiger partial charge in [-0.15, -0.1) is 0 Å². The van der Waals surface area contributed by atoms with Crippen molar-refractivity contribution in [3.63, 3.8) is 0 Å². The number of carbonyl (C=O) groups excluding carboxylic acids is 1. The Balaban J connectivity index is 1.60. The molecule has 4 rings (SSSR count). The maximum absolute atomic E-state index is 12.3. The highest BCUT2D eigenvalue weighted by atomic mass is 16.3. The Kier molecular flexibility index (Phi) is 3.30. The Bertz CT molecular complexity index is 887. The number of aromatic amines is 1. The van der Waals surface area contributed by atoms with Gasteiger partial charge < -0.3 is 14.3 Å². The molecule has 0 bridgehead atoms. The van der Waals surface area contributed by atoms with Crippen LogP contribution >= 0.6 is 0 Å².